The van der Waals surface area contributed by atoms with Crippen molar-refractivity contribution in [1.82, 2.24) is 5.48 Å². The molecule has 3 heterocycles. The van der Waals surface area contributed by atoms with Gasteiger partial charge in [0.15, 0.2) is 5.79 Å². The van der Waals surface area contributed by atoms with Gasteiger partial charge in [-0.15, -0.1) is 12.1 Å². The Morgan fingerprint density at radius 2 is 2.06 bits per heavy atom. The molecular weight excluding hydrogens is 426 g/mol. The maximum atomic E-state index is 11.1. The molecule has 0 saturated carbocycles. The van der Waals surface area contributed by atoms with Crippen LogP contribution in [0.2, 0.25) is 0 Å². The first-order valence-corrected chi connectivity index (χ1v) is 11.8. The highest BCUT2D eigenvalue weighted by molar-refractivity contribution is 5.65. The summed E-state index contributed by atoms with van der Waals surface area (Å²) < 4.78 is 23.7. The first-order valence-electron chi connectivity index (χ1n) is 11.8. The van der Waals surface area contributed by atoms with Crippen LogP contribution in [0.4, 0.5) is 0 Å². The number of hydrogen-bond acceptors (Lipinski definition) is 8. The molecule has 8 atom stereocenters. The molecule has 3 aliphatic rings. The van der Waals surface area contributed by atoms with Gasteiger partial charge in [0.25, 0.3) is 0 Å². The minimum absolute atomic E-state index is 0.0235. The predicted octanol–water partition coefficient (Wildman–Crippen LogP) is 2.97. The first kappa shape index (κ1) is 26.1. The normalized spacial score (nSPS) is 41.3. The van der Waals surface area contributed by atoms with Crippen molar-refractivity contribution in [2.75, 3.05) is 13.2 Å². The average molecular weight is 466 g/mol. The highest BCUT2D eigenvalue weighted by atomic mass is 16.7. The number of aliphatic hydroxyl groups excluding tert-OH is 1. The highest BCUT2D eigenvalue weighted by Crippen LogP contribution is 2.47. The lowest BCUT2D eigenvalue weighted by atomic mass is 9.87. The Morgan fingerprint density at radius 1 is 1.33 bits per heavy atom. The molecule has 0 bridgehead atoms. The van der Waals surface area contributed by atoms with E-state index in [1.165, 1.54) is 6.92 Å². The van der Waals surface area contributed by atoms with Gasteiger partial charge in [-0.3, -0.25) is 4.79 Å². The molecule has 0 amide bonds. The fraction of sp³-hybridized carbons (Fsp3) is 0.720. The van der Waals surface area contributed by atoms with Gasteiger partial charge in [-0.1, -0.05) is 36.8 Å². The van der Waals surface area contributed by atoms with Gasteiger partial charge in [-0.2, -0.15) is 0 Å². The van der Waals surface area contributed by atoms with Gasteiger partial charge < -0.3 is 28.9 Å². The van der Waals surface area contributed by atoms with Gasteiger partial charge in [0.1, 0.15) is 17.8 Å². The molecular formula is C25H39NO7. The Hall–Kier alpha value is -1.55. The van der Waals surface area contributed by atoms with Crippen molar-refractivity contribution < 1.29 is 33.7 Å². The van der Waals surface area contributed by atoms with Gasteiger partial charge in [-0.25, -0.2) is 0 Å². The summed E-state index contributed by atoms with van der Waals surface area (Å²) in [5.74, 6) is -0.893. The monoisotopic (exact) mass is 465 g/mol. The number of hydroxylamine groups is 1. The molecule has 0 aliphatic carbocycles. The van der Waals surface area contributed by atoms with Crippen molar-refractivity contribution in [3.05, 3.63) is 36.5 Å². The maximum absolute atomic E-state index is 11.1. The predicted molar refractivity (Wildman–Crippen MR) is 123 cm³/mol. The first-order chi connectivity index (χ1) is 15.6. The summed E-state index contributed by atoms with van der Waals surface area (Å²) in [5, 5.41) is 10.8. The van der Waals surface area contributed by atoms with Gasteiger partial charge in [0.05, 0.1) is 31.5 Å². The molecule has 1 spiro atoms. The second-order valence-electron chi connectivity index (χ2n) is 9.74. The molecule has 3 rings (SSSR count). The van der Waals surface area contributed by atoms with Gasteiger partial charge in [0, 0.05) is 13.3 Å². The molecule has 33 heavy (non-hydrogen) atoms. The van der Waals surface area contributed by atoms with Crippen LogP contribution in [0, 0.1) is 5.92 Å². The minimum Gasteiger partial charge on any atom is -0.387 e. The third-order valence-corrected chi connectivity index (χ3v) is 6.67. The fourth-order valence-corrected chi connectivity index (χ4v) is 4.63. The summed E-state index contributed by atoms with van der Waals surface area (Å²) in [5.41, 5.74) is 3.27. The third-order valence-electron chi connectivity index (χ3n) is 6.67. The van der Waals surface area contributed by atoms with E-state index >= 15 is 0 Å². The van der Waals surface area contributed by atoms with E-state index in [1.54, 1.807) is 6.08 Å². The Morgan fingerprint density at radius 3 is 2.70 bits per heavy atom. The number of rotatable bonds is 9. The van der Waals surface area contributed by atoms with Crippen molar-refractivity contribution in [3.8, 4) is 0 Å². The van der Waals surface area contributed by atoms with E-state index in [9.17, 15) is 9.90 Å². The SMILES string of the molecule is C=CCO[C@]1(C)C[C@@]2(CO2)[C@H](O)[C@@H](/C=C/C(C)=C/C[C@@H]2O[C@H](C)[C@H](NOC(C)=O)C[C@@H]2C)O1. The molecule has 8 nitrogen and oxygen atoms in total. The number of carbonyl (C=O) groups excluding carboxylic acids is 1. The zero-order valence-corrected chi connectivity index (χ0v) is 20.4. The second kappa shape index (κ2) is 10.8. The lowest BCUT2D eigenvalue weighted by Gasteiger charge is -2.43. The van der Waals surface area contributed by atoms with Crippen molar-refractivity contribution in [1.29, 1.82) is 0 Å². The molecule has 0 unspecified atom stereocenters. The summed E-state index contributed by atoms with van der Waals surface area (Å²) in [6.07, 6.45) is 8.50. The smallest absolute Gasteiger partial charge is 0.321 e. The van der Waals surface area contributed by atoms with Crippen LogP contribution in [0.15, 0.2) is 36.5 Å². The van der Waals surface area contributed by atoms with Crippen LogP contribution in [-0.4, -0.2) is 66.1 Å². The van der Waals surface area contributed by atoms with Gasteiger partial charge in [0.2, 0.25) is 0 Å². The van der Waals surface area contributed by atoms with Gasteiger partial charge in [-0.05, 0) is 39.5 Å². The van der Waals surface area contributed by atoms with Gasteiger partial charge >= 0.3 is 5.97 Å². The Bertz CT molecular complexity index is 762. The van der Waals surface area contributed by atoms with Crippen molar-refractivity contribution in [2.45, 2.75) is 95.7 Å². The molecule has 8 heteroatoms. The van der Waals surface area contributed by atoms with Crippen LogP contribution >= 0.6 is 0 Å². The number of hydrogen-bond donors (Lipinski definition) is 2. The van der Waals surface area contributed by atoms with E-state index in [0.717, 1.165) is 18.4 Å². The van der Waals surface area contributed by atoms with Crippen molar-refractivity contribution in [2.24, 2.45) is 5.92 Å². The minimum atomic E-state index is -0.839. The van der Waals surface area contributed by atoms with Crippen LogP contribution in [0.1, 0.15) is 53.9 Å². The third kappa shape index (κ3) is 6.74. The molecule has 186 valence electrons. The number of nitrogens with one attached hydrogen (secondary N) is 1. The van der Waals surface area contributed by atoms with Crippen LogP contribution in [0.25, 0.3) is 0 Å². The molecule has 3 saturated heterocycles. The van der Waals surface area contributed by atoms with E-state index in [1.807, 2.05) is 32.9 Å². The van der Waals surface area contributed by atoms with E-state index in [4.69, 9.17) is 23.8 Å². The van der Waals surface area contributed by atoms with Crippen LogP contribution in [0.3, 0.4) is 0 Å². The number of ether oxygens (including phenoxy) is 4. The number of carbonyl (C=O) groups is 1. The molecule has 3 fully saturated rings. The summed E-state index contributed by atoms with van der Waals surface area (Å²) >= 11 is 0. The van der Waals surface area contributed by atoms with Crippen LogP contribution < -0.4 is 5.48 Å². The van der Waals surface area contributed by atoms with Crippen LogP contribution in [0.5, 0.6) is 0 Å². The molecule has 0 aromatic rings. The quantitative estimate of drug-likeness (QED) is 0.232. The maximum Gasteiger partial charge on any atom is 0.321 e. The Balaban J connectivity index is 1.56. The standard InChI is InChI=1S/C25H39NO7/c1-7-12-29-24(6)14-25(15-30-25)23(28)22(32-24)11-9-16(2)8-10-21-17(3)13-20(18(4)31-21)26-33-19(5)27/h7-9,11,17-18,20-23,26,28H,1,10,12-15H2,2-6H3/b11-9+,16-8+/t17-,18+,20+,21-,22+,23+,24-,25+/m0/s1. The lowest BCUT2D eigenvalue weighted by Crippen LogP contribution is -2.56. The lowest BCUT2D eigenvalue weighted by molar-refractivity contribution is -0.291. The largest absolute Gasteiger partial charge is 0.387 e. The van der Waals surface area contributed by atoms with E-state index in [-0.39, 0.29) is 24.2 Å². The van der Waals surface area contributed by atoms with E-state index in [2.05, 4.69) is 25.1 Å². The molecule has 0 aromatic heterocycles. The van der Waals surface area contributed by atoms with E-state index < -0.39 is 23.6 Å². The summed E-state index contributed by atoms with van der Waals surface area (Å²) in [4.78, 5) is 16.0. The molecule has 3 aliphatic heterocycles. The average Bonchev–Trinajstić information content (AvgIpc) is 3.53. The van der Waals surface area contributed by atoms with Crippen LogP contribution in [-0.2, 0) is 28.6 Å². The van der Waals surface area contributed by atoms with E-state index in [0.29, 0.717) is 25.6 Å². The molecule has 0 radical (unpaired) electrons. The number of epoxide rings is 1. The summed E-state index contributed by atoms with van der Waals surface area (Å²) in [6.45, 7) is 14.0. The second-order valence-corrected chi connectivity index (χ2v) is 9.74. The highest BCUT2D eigenvalue weighted by Gasteiger charge is 2.62. The zero-order chi connectivity index (χ0) is 24.2. The van der Waals surface area contributed by atoms with Crippen molar-refractivity contribution >= 4 is 5.97 Å². The molecule has 2 N–H and O–H groups in total. The number of allylic oxidation sites excluding steroid dienone is 2. The molecule has 0 aromatic carbocycles. The fourth-order valence-electron chi connectivity index (χ4n) is 4.63. The topological polar surface area (TPSA) is 98.8 Å². The Labute approximate surface area is 196 Å². The number of aliphatic hydroxyl groups is 1. The summed E-state index contributed by atoms with van der Waals surface area (Å²) in [7, 11) is 0. The van der Waals surface area contributed by atoms with Crippen molar-refractivity contribution in [3.63, 3.8) is 0 Å². The Kier molecular flexibility index (Phi) is 8.53. The summed E-state index contributed by atoms with van der Waals surface area (Å²) in [6, 6.07) is -0.0235. The zero-order valence-electron chi connectivity index (χ0n) is 20.4.